The van der Waals surface area contributed by atoms with E-state index in [9.17, 15) is 19.4 Å². The van der Waals surface area contributed by atoms with E-state index in [4.69, 9.17) is 9.05 Å². The van der Waals surface area contributed by atoms with Gasteiger partial charge in [0.15, 0.2) is 0 Å². The topological polar surface area (TPSA) is 108 Å². The minimum atomic E-state index is -4.62. The minimum Gasteiger partial charge on any atom is -0.756 e. The predicted octanol–water partition coefficient (Wildman–Crippen LogP) is 24.1. The Bertz CT molecular complexity index is 1890. The van der Waals surface area contributed by atoms with Crippen molar-refractivity contribution in [3.05, 3.63) is 122 Å². The van der Waals surface area contributed by atoms with E-state index in [1.54, 1.807) is 6.08 Å². The Balaban J connectivity index is 4.08. The van der Waals surface area contributed by atoms with E-state index >= 15 is 0 Å². The fourth-order valence-electron chi connectivity index (χ4n) is 10.8. The third kappa shape index (κ3) is 72.3. The highest BCUT2D eigenvalue weighted by Gasteiger charge is 2.23. The number of aliphatic hydroxyl groups excluding tert-OH is 1. The van der Waals surface area contributed by atoms with Crippen molar-refractivity contribution in [2.75, 3.05) is 40.9 Å². The highest BCUT2D eigenvalue weighted by atomic mass is 31.2. The number of unbranched alkanes of at least 4 members (excludes halogenated alkanes) is 38. The number of nitrogens with zero attached hydrogens (tertiary/aromatic N) is 1. The summed E-state index contributed by atoms with van der Waals surface area (Å²) in [5, 5.41) is 14.0. The second-order valence-corrected chi connectivity index (χ2v) is 28.0. The summed E-state index contributed by atoms with van der Waals surface area (Å²) in [5.74, 6) is -0.208. The normalized spacial score (nSPS) is 14.3. The van der Waals surface area contributed by atoms with Crippen LogP contribution in [0.1, 0.15) is 335 Å². The number of amides is 1. The Morgan fingerprint density at radius 1 is 0.400 bits per heavy atom. The number of nitrogens with one attached hydrogen (secondary N) is 1. The highest BCUT2D eigenvalue weighted by molar-refractivity contribution is 7.45. The summed E-state index contributed by atoms with van der Waals surface area (Å²) < 4.78 is 23.5. The lowest BCUT2D eigenvalue weighted by Crippen LogP contribution is -2.45. The molecule has 9 heteroatoms. The molecule has 0 bridgehead atoms. The summed E-state index contributed by atoms with van der Waals surface area (Å²) in [5.41, 5.74) is 0. The first-order valence-corrected chi connectivity index (χ1v) is 39.4. The molecule has 0 aromatic carbocycles. The molecule has 0 aromatic rings. The number of quaternary nitrogens is 1. The summed E-state index contributed by atoms with van der Waals surface area (Å²) in [6, 6.07) is -0.913. The van der Waals surface area contributed by atoms with Crippen LogP contribution in [0.15, 0.2) is 122 Å². The molecule has 0 aliphatic carbocycles. The van der Waals surface area contributed by atoms with E-state index in [0.29, 0.717) is 17.4 Å². The lowest BCUT2D eigenvalue weighted by Gasteiger charge is -2.29. The Hall–Kier alpha value is -3.10. The Morgan fingerprint density at radius 2 is 0.689 bits per heavy atom. The first-order chi connectivity index (χ1) is 44.0. The molecule has 0 aromatic heterocycles. The fraction of sp³-hybridized carbons (Fsp3) is 0.741. The molecular formula is C81H145N2O6P. The number of aliphatic hydroxyl groups is 1. The van der Waals surface area contributed by atoms with Gasteiger partial charge in [0.25, 0.3) is 7.82 Å². The summed E-state index contributed by atoms with van der Waals surface area (Å²) in [6.07, 6.45) is 105. The van der Waals surface area contributed by atoms with Crippen molar-refractivity contribution in [3.63, 3.8) is 0 Å². The van der Waals surface area contributed by atoms with Crippen molar-refractivity contribution < 1.29 is 32.9 Å². The van der Waals surface area contributed by atoms with E-state index in [-0.39, 0.29) is 12.5 Å². The van der Waals surface area contributed by atoms with Crippen LogP contribution in [0.4, 0.5) is 0 Å². The van der Waals surface area contributed by atoms with E-state index in [1.165, 1.54) is 225 Å². The molecule has 0 aliphatic heterocycles. The molecule has 90 heavy (non-hydrogen) atoms. The van der Waals surface area contributed by atoms with Crippen molar-refractivity contribution in [1.29, 1.82) is 0 Å². The fourth-order valence-corrected chi connectivity index (χ4v) is 11.6. The molecule has 520 valence electrons. The lowest BCUT2D eigenvalue weighted by molar-refractivity contribution is -0.870. The van der Waals surface area contributed by atoms with Crippen molar-refractivity contribution in [3.8, 4) is 0 Å². The number of phosphoric acid groups is 1. The van der Waals surface area contributed by atoms with Crippen molar-refractivity contribution in [1.82, 2.24) is 5.32 Å². The van der Waals surface area contributed by atoms with Crippen LogP contribution < -0.4 is 10.2 Å². The Morgan fingerprint density at radius 3 is 1.03 bits per heavy atom. The van der Waals surface area contributed by atoms with Crippen LogP contribution in [0, 0.1) is 0 Å². The molecule has 0 saturated heterocycles. The second-order valence-electron chi connectivity index (χ2n) is 26.6. The molecule has 1 amide bonds. The maximum Gasteiger partial charge on any atom is 0.268 e. The van der Waals surface area contributed by atoms with Crippen molar-refractivity contribution in [2.45, 2.75) is 347 Å². The molecule has 0 radical (unpaired) electrons. The molecule has 3 atom stereocenters. The Kier molecular flexibility index (Phi) is 67.8. The molecule has 0 fully saturated rings. The van der Waals surface area contributed by atoms with Crippen LogP contribution in [-0.4, -0.2) is 68.5 Å². The highest BCUT2D eigenvalue weighted by Crippen LogP contribution is 2.38. The van der Waals surface area contributed by atoms with Gasteiger partial charge < -0.3 is 28.8 Å². The maximum absolute atomic E-state index is 13.1. The summed E-state index contributed by atoms with van der Waals surface area (Å²) in [7, 11) is 1.24. The number of carbonyl (C=O) groups excluding carboxylic acids is 1. The molecule has 8 nitrogen and oxygen atoms in total. The van der Waals surface area contributed by atoms with Gasteiger partial charge in [-0.1, -0.05) is 354 Å². The zero-order chi connectivity index (χ0) is 65.5. The molecule has 3 unspecified atom stereocenters. The zero-order valence-electron chi connectivity index (χ0n) is 59.6. The average molecular weight is 1270 g/mol. The van der Waals surface area contributed by atoms with Crippen LogP contribution in [0.2, 0.25) is 0 Å². The SMILES string of the molecule is CC/C=C\C/C=C\C/C=C\C/C=C\C/C=C\C/C=C\C/C=C\C/C=C\CCCCCCCCCCCCCCCCC(=O)NC(COP(=O)([O-])OCC[N+](C)(C)C)C(O)/C=C/CC/C=C/CCCCCCCCCCCCCCCCCCCCCCCCC. The van der Waals surface area contributed by atoms with Crippen LogP contribution in [0.25, 0.3) is 0 Å². The van der Waals surface area contributed by atoms with Gasteiger partial charge in [0.1, 0.15) is 13.2 Å². The van der Waals surface area contributed by atoms with Crippen LogP contribution in [0.3, 0.4) is 0 Å². The number of phosphoric ester groups is 1. The van der Waals surface area contributed by atoms with Gasteiger partial charge in [-0.2, -0.15) is 0 Å². The average Bonchev–Trinajstić information content (AvgIpc) is 3.72. The standard InChI is InChI=1S/C81H145N2O6P/c1-6-8-10-12-14-16-18-20-22-24-26-28-30-32-34-36-37-38-39-40-41-42-43-44-45-47-49-51-53-55-57-59-61-63-65-67-69-71-73-75-81(85)82-79(78-89-90(86,87)88-77-76-83(3,4)5)80(84)74-72-70-68-66-64-62-60-58-56-54-52-50-48-46-35-33-31-29-27-25-23-21-19-17-15-13-11-9-7-2/h8,10,14,16,20,22,26,28,32,34,37-38,40-41,43-44,64,66,72,74,79-80,84H,6-7,9,11-13,15,17-19,21,23-25,27,29-31,33,35-36,39,42,45-63,65,67-71,73,75-78H2,1-5H3,(H-,82,85,86,87)/b10-8-,16-14-,22-20-,28-26-,34-32-,38-37-,41-40-,44-43-,66-64+,74-72+. The Labute approximate surface area is 558 Å². The summed E-state index contributed by atoms with van der Waals surface area (Å²) in [4.78, 5) is 25.7. The number of rotatable bonds is 69. The van der Waals surface area contributed by atoms with E-state index in [1.807, 2.05) is 27.2 Å². The van der Waals surface area contributed by atoms with E-state index in [2.05, 4.69) is 129 Å². The first-order valence-electron chi connectivity index (χ1n) is 37.9. The van der Waals surface area contributed by atoms with Gasteiger partial charge in [-0.3, -0.25) is 9.36 Å². The van der Waals surface area contributed by atoms with Crippen molar-refractivity contribution in [2.24, 2.45) is 0 Å². The molecule has 0 rings (SSSR count). The van der Waals surface area contributed by atoms with Crippen LogP contribution in [-0.2, 0) is 18.4 Å². The molecular weight excluding hydrogens is 1130 g/mol. The first kappa shape index (κ1) is 86.9. The quantitative estimate of drug-likeness (QED) is 0.0272. The van der Waals surface area contributed by atoms with Gasteiger partial charge in [0.2, 0.25) is 5.91 Å². The zero-order valence-corrected chi connectivity index (χ0v) is 60.5. The van der Waals surface area contributed by atoms with Gasteiger partial charge in [-0.25, -0.2) is 0 Å². The van der Waals surface area contributed by atoms with Crippen LogP contribution >= 0.6 is 7.82 Å². The smallest absolute Gasteiger partial charge is 0.268 e. The molecule has 0 spiro atoms. The van der Waals surface area contributed by atoms with Gasteiger partial charge in [0.05, 0.1) is 39.9 Å². The third-order valence-electron chi connectivity index (χ3n) is 16.7. The minimum absolute atomic E-state index is 0.0102. The van der Waals surface area contributed by atoms with Gasteiger partial charge in [-0.05, 0) is 96.3 Å². The number of likely N-dealkylation sites (N-methyl/N-ethyl adjacent to an activating group) is 1. The largest absolute Gasteiger partial charge is 0.756 e. The van der Waals surface area contributed by atoms with Crippen molar-refractivity contribution >= 4 is 13.7 Å². The number of allylic oxidation sites excluding steroid dienone is 19. The molecule has 0 aliphatic rings. The lowest BCUT2D eigenvalue weighted by atomic mass is 10.0. The molecule has 0 saturated carbocycles. The second kappa shape index (κ2) is 70.2. The third-order valence-corrected chi connectivity index (χ3v) is 17.6. The maximum atomic E-state index is 13.1. The molecule has 0 heterocycles. The number of carbonyl (C=O) groups is 1. The predicted molar refractivity (Wildman–Crippen MR) is 394 cm³/mol. The van der Waals surface area contributed by atoms with E-state index in [0.717, 1.165) is 89.9 Å². The summed E-state index contributed by atoms with van der Waals surface area (Å²) in [6.45, 7) is 4.54. The number of hydrogen-bond acceptors (Lipinski definition) is 6. The van der Waals surface area contributed by atoms with Crippen LogP contribution in [0.5, 0.6) is 0 Å². The summed E-state index contributed by atoms with van der Waals surface area (Å²) >= 11 is 0. The van der Waals surface area contributed by atoms with E-state index < -0.39 is 26.6 Å². The monoisotopic (exact) mass is 1270 g/mol. The molecule has 2 N–H and O–H groups in total. The van der Waals surface area contributed by atoms with Gasteiger partial charge in [-0.15, -0.1) is 0 Å². The number of hydrogen-bond donors (Lipinski definition) is 2. The van der Waals surface area contributed by atoms with Gasteiger partial charge in [0, 0.05) is 6.42 Å². The van der Waals surface area contributed by atoms with Gasteiger partial charge >= 0.3 is 0 Å².